The van der Waals surface area contributed by atoms with Crippen LogP contribution in [0.5, 0.6) is 11.6 Å². The van der Waals surface area contributed by atoms with Crippen LogP contribution in [-0.2, 0) is 0 Å². The molecule has 0 fully saturated rings. The fourth-order valence-electron chi connectivity index (χ4n) is 1.53. The standard InChI is InChI=1S/C12H14BrN3O/c1-7-5-12(16-15-7)17-11-6-9(13)3-4-10(11)8(2)14/h3-6,8H,14H2,1-2H3,(H,15,16). The maximum absolute atomic E-state index is 5.90. The van der Waals surface area contributed by atoms with Crippen molar-refractivity contribution in [2.45, 2.75) is 19.9 Å². The molecule has 0 spiro atoms. The lowest BCUT2D eigenvalue weighted by atomic mass is 10.1. The molecule has 1 atom stereocenters. The number of hydrogen-bond donors (Lipinski definition) is 2. The topological polar surface area (TPSA) is 63.9 Å². The molecule has 0 radical (unpaired) electrons. The van der Waals surface area contributed by atoms with Gasteiger partial charge in [-0.2, -0.15) is 0 Å². The zero-order valence-corrected chi connectivity index (χ0v) is 11.3. The third-order valence-corrected chi connectivity index (χ3v) is 2.86. The molecule has 1 aromatic heterocycles. The SMILES string of the molecule is Cc1cc(Oc2cc(Br)ccc2C(C)N)n[nH]1. The van der Waals surface area contributed by atoms with Crippen molar-refractivity contribution in [3.8, 4) is 11.6 Å². The third kappa shape index (κ3) is 2.87. The first-order valence-electron chi connectivity index (χ1n) is 5.31. The zero-order valence-electron chi connectivity index (χ0n) is 9.70. The van der Waals surface area contributed by atoms with Crippen molar-refractivity contribution in [3.63, 3.8) is 0 Å². The molecule has 0 amide bonds. The first-order valence-corrected chi connectivity index (χ1v) is 6.10. The van der Waals surface area contributed by atoms with Crippen molar-refractivity contribution in [1.82, 2.24) is 10.2 Å². The quantitative estimate of drug-likeness (QED) is 0.913. The van der Waals surface area contributed by atoms with Gasteiger partial charge in [-0.3, -0.25) is 5.10 Å². The molecule has 1 heterocycles. The second-order valence-corrected chi connectivity index (χ2v) is 4.88. The Labute approximate surface area is 108 Å². The van der Waals surface area contributed by atoms with Crippen molar-refractivity contribution in [2.75, 3.05) is 0 Å². The van der Waals surface area contributed by atoms with E-state index in [2.05, 4.69) is 26.1 Å². The van der Waals surface area contributed by atoms with E-state index in [0.717, 1.165) is 21.5 Å². The molecular weight excluding hydrogens is 282 g/mol. The average Bonchev–Trinajstić information content (AvgIpc) is 2.63. The first-order chi connectivity index (χ1) is 8.06. The summed E-state index contributed by atoms with van der Waals surface area (Å²) in [5, 5.41) is 6.87. The normalized spacial score (nSPS) is 12.5. The van der Waals surface area contributed by atoms with Crippen molar-refractivity contribution in [3.05, 3.63) is 40.0 Å². The van der Waals surface area contributed by atoms with Crippen LogP contribution in [0, 0.1) is 6.92 Å². The number of halogens is 1. The van der Waals surface area contributed by atoms with Crippen molar-refractivity contribution in [1.29, 1.82) is 0 Å². The van der Waals surface area contributed by atoms with E-state index in [-0.39, 0.29) is 6.04 Å². The smallest absolute Gasteiger partial charge is 0.238 e. The Morgan fingerprint density at radius 1 is 1.41 bits per heavy atom. The van der Waals surface area contributed by atoms with E-state index >= 15 is 0 Å². The number of benzene rings is 1. The predicted octanol–water partition coefficient (Wildman–Crippen LogP) is 3.29. The number of hydrogen-bond acceptors (Lipinski definition) is 3. The van der Waals surface area contributed by atoms with Gasteiger partial charge < -0.3 is 10.5 Å². The highest BCUT2D eigenvalue weighted by molar-refractivity contribution is 9.10. The molecule has 0 saturated carbocycles. The second-order valence-electron chi connectivity index (χ2n) is 3.96. The summed E-state index contributed by atoms with van der Waals surface area (Å²) in [6, 6.07) is 7.54. The van der Waals surface area contributed by atoms with Crippen LogP contribution < -0.4 is 10.5 Å². The van der Waals surface area contributed by atoms with Gasteiger partial charge in [0.15, 0.2) is 0 Å². The maximum Gasteiger partial charge on any atom is 0.238 e. The minimum absolute atomic E-state index is 0.0851. The van der Waals surface area contributed by atoms with Crippen LogP contribution in [0.2, 0.25) is 0 Å². The monoisotopic (exact) mass is 295 g/mol. The Morgan fingerprint density at radius 2 is 2.18 bits per heavy atom. The van der Waals surface area contributed by atoms with Crippen LogP contribution in [0.4, 0.5) is 0 Å². The number of aryl methyl sites for hydroxylation is 1. The fraction of sp³-hybridized carbons (Fsp3) is 0.250. The molecule has 0 aliphatic rings. The predicted molar refractivity (Wildman–Crippen MR) is 70.1 cm³/mol. The fourth-order valence-corrected chi connectivity index (χ4v) is 1.87. The van der Waals surface area contributed by atoms with Gasteiger partial charge in [0.1, 0.15) is 5.75 Å². The lowest BCUT2D eigenvalue weighted by Gasteiger charge is -2.12. The van der Waals surface area contributed by atoms with Crippen LogP contribution in [0.15, 0.2) is 28.7 Å². The summed E-state index contributed by atoms with van der Waals surface area (Å²) >= 11 is 3.41. The summed E-state index contributed by atoms with van der Waals surface area (Å²) in [5.41, 5.74) is 7.81. The number of nitrogens with zero attached hydrogens (tertiary/aromatic N) is 1. The minimum Gasteiger partial charge on any atom is -0.437 e. The Balaban J connectivity index is 2.33. The van der Waals surface area contributed by atoms with Gasteiger partial charge in [0.05, 0.1) is 0 Å². The molecule has 0 aliphatic heterocycles. The van der Waals surface area contributed by atoms with E-state index in [0.29, 0.717) is 5.88 Å². The van der Waals surface area contributed by atoms with Crippen molar-refractivity contribution < 1.29 is 4.74 Å². The van der Waals surface area contributed by atoms with Crippen LogP contribution in [-0.4, -0.2) is 10.2 Å². The Kier molecular flexibility index (Phi) is 3.49. The number of nitrogens with two attached hydrogens (primary N) is 1. The highest BCUT2D eigenvalue weighted by Gasteiger charge is 2.10. The molecule has 4 nitrogen and oxygen atoms in total. The Morgan fingerprint density at radius 3 is 2.76 bits per heavy atom. The van der Waals surface area contributed by atoms with Gasteiger partial charge in [0.2, 0.25) is 5.88 Å². The second kappa shape index (κ2) is 4.89. The molecule has 0 bridgehead atoms. The van der Waals surface area contributed by atoms with Gasteiger partial charge in [0.25, 0.3) is 0 Å². The summed E-state index contributed by atoms with van der Waals surface area (Å²) in [5.74, 6) is 1.27. The van der Waals surface area contributed by atoms with Crippen LogP contribution in [0.3, 0.4) is 0 Å². The van der Waals surface area contributed by atoms with Gasteiger partial charge in [-0.25, -0.2) is 0 Å². The highest BCUT2D eigenvalue weighted by Crippen LogP contribution is 2.30. The number of H-pyrrole nitrogens is 1. The van der Waals surface area contributed by atoms with Crippen molar-refractivity contribution in [2.24, 2.45) is 5.73 Å². The van der Waals surface area contributed by atoms with E-state index in [1.807, 2.05) is 38.1 Å². The number of rotatable bonds is 3. The summed E-state index contributed by atoms with van der Waals surface area (Å²) in [7, 11) is 0. The summed E-state index contributed by atoms with van der Waals surface area (Å²) in [6.07, 6.45) is 0. The number of ether oxygens (including phenoxy) is 1. The molecule has 1 unspecified atom stereocenters. The molecule has 2 rings (SSSR count). The number of aromatic amines is 1. The van der Waals surface area contributed by atoms with Gasteiger partial charge in [0, 0.05) is 27.8 Å². The number of aromatic nitrogens is 2. The zero-order chi connectivity index (χ0) is 12.4. The highest BCUT2D eigenvalue weighted by atomic mass is 79.9. The van der Waals surface area contributed by atoms with E-state index in [1.54, 1.807) is 0 Å². The average molecular weight is 296 g/mol. The Bertz CT molecular complexity index is 522. The van der Waals surface area contributed by atoms with E-state index in [4.69, 9.17) is 10.5 Å². The van der Waals surface area contributed by atoms with Gasteiger partial charge in [-0.1, -0.05) is 22.0 Å². The van der Waals surface area contributed by atoms with Crippen LogP contribution in [0.1, 0.15) is 24.2 Å². The molecule has 17 heavy (non-hydrogen) atoms. The van der Waals surface area contributed by atoms with Gasteiger partial charge in [-0.05, 0) is 26.0 Å². The summed E-state index contributed by atoms with van der Waals surface area (Å²) in [6.45, 7) is 3.85. The lowest BCUT2D eigenvalue weighted by Crippen LogP contribution is -2.06. The molecular formula is C12H14BrN3O. The van der Waals surface area contributed by atoms with Crippen LogP contribution >= 0.6 is 15.9 Å². The van der Waals surface area contributed by atoms with Crippen molar-refractivity contribution >= 4 is 15.9 Å². The molecule has 5 heteroatoms. The van der Waals surface area contributed by atoms with E-state index in [9.17, 15) is 0 Å². The molecule has 1 aromatic carbocycles. The molecule has 0 saturated heterocycles. The molecule has 3 N–H and O–H groups in total. The van der Waals surface area contributed by atoms with E-state index in [1.165, 1.54) is 0 Å². The molecule has 0 aliphatic carbocycles. The summed E-state index contributed by atoms with van der Waals surface area (Å²) in [4.78, 5) is 0. The van der Waals surface area contributed by atoms with Crippen LogP contribution in [0.25, 0.3) is 0 Å². The van der Waals surface area contributed by atoms with E-state index < -0.39 is 0 Å². The number of nitrogens with one attached hydrogen (secondary N) is 1. The molecule has 2 aromatic rings. The maximum atomic E-state index is 5.90. The largest absolute Gasteiger partial charge is 0.437 e. The minimum atomic E-state index is -0.0851. The molecule has 90 valence electrons. The Hall–Kier alpha value is -1.33. The lowest BCUT2D eigenvalue weighted by molar-refractivity contribution is 0.452. The van der Waals surface area contributed by atoms with Gasteiger partial charge in [-0.15, -0.1) is 5.10 Å². The summed E-state index contributed by atoms with van der Waals surface area (Å²) < 4.78 is 6.67. The first kappa shape index (κ1) is 12.1. The van der Waals surface area contributed by atoms with Gasteiger partial charge >= 0.3 is 0 Å². The third-order valence-electron chi connectivity index (χ3n) is 2.36.